The highest BCUT2D eigenvalue weighted by atomic mass is 32.1. The van der Waals surface area contributed by atoms with Gasteiger partial charge in [0.05, 0.1) is 57.7 Å². The van der Waals surface area contributed by atoms with Crippen molar-refractivity contribution in [3.63, 3.8) is 0 Å². The summed E-state index contributed by atoms with van der Waals surface area (Å²) in [5.41, 5.74) is 19.8. The summed E-state index contributed by atoms with van der Waals surface area (Å²) in [4.78, 5) is 57.0. The van der Waals surface area contributed by atoms with Crippen molar-refractivity contribution in [2.24, 2.45) is 23.5 Å². The Morgan fingerprint density at radius 1 is 0.881 bits per heavy atom. The van der Waals surface area contributed by atoms with Crippen LogP contribution in [0.2, 0.25) is 0 Å². The van der Waals surface area contributed by atoms with Crippen LogP contribution in [0.3, 0.4) is 0 Å². The quantitative estimate of drug-likeness (QED) is 0.0359. The molecule has 2 amide bonds. The molecule has 7 N–H and O–H groups in total. The molecule has 3 unspecified atom stereocenters. The lowest BCUT2D eigenvalue weighted by Crippen LogP contribution is -2.54. The van der Waals surface area contributed by atoms with Crippen molar-refractivity contribution in [2.45, 2.75) is 153 Å². The molecule has 84 heavy (non-hydrogen) atoms. The fourth-order valence-corrected chi connectivity index (χ4v) is 14.2. The minimum Gasteiger partial charge on any atom is -0.507 e. The summed E-state index contributed by atoms with van der Waals surface area (Å²) < 4.78 is 24.8. The normalized spacial score (nSPS) is 23.3. The molecule has 2 saturated carbocycles. The van der Waals surface area contributed by atoms with Crippen molar-refractivity contribution in [3.8, 4) is 39.2 Å². The van der Waals surface area contributed by atoms with E-state index in [9.17, 15) is 24.6 Å². The van der Waals surface area contributed by atoms with Crippen LogP contribution in [0.5, 0.6) is 17.5 Å². The number of piperidine rings is 1. The zero-order chi connectivity index (χ0) is 58.4. The third-order valence-corrected chi connectivity index (χ3v) is 18.9. The molecule has 4 aromatic heterocycles. The van der Waals surface area contributed by atoms with Crippen molar-refractivity contribution >= 4 is 46.1 Å². The van der Waals surface area contributed by atoms with Gasteiger partial charge < -0.3 is 55.5 Å². The summed E-state index contributed by atoms with van der Waals surface area (Å²) in [5, 5.41) is 37.3. The molecule has 0 spiro atoms. The van der Waals surface area contributed by atoms with Gasteiger partial charge in [-0.1, -0.05) is 50.2 Å². The Hall–Kier alpha value is -7.20. The summed E-state index contributed by atoms with van der Waals surface area (Å²) >= 11 is 1.58. The molecule has 20 nitrogen and oxygen atoms in total. The first-order valence-corrected chi connectivity index (χ1v) is 30.9. The number of nitrogen functional groups attached to an aromatic ring is 1. The van der Waals surface area contributed by atoms with Gasteiger partial charge in [0.1, 0.15) is 24.2 Å². The molecular formula is C63H79N11O9S. The van der Waals surface area contributed by atoms with E-state index in [4.69, 9.17) is 30.2 Å². The third kappa shape index (κ3) is 13.8. The number of aromatic hydroxyl groups is 1. The van der Waals surface area contributed by atoms with Crippen molar-refractivity contribution in [1.82, 2.24) is 35.5 Å². The first-order chi connectivity index (χ1) is 40.7. The van der Waals surface area contributed by atoms with E-state index in [0.717, 1.165) is 104 Å². The monoisotopic (exact) mass is 1170 g/mol. The van der Waals surface area contributed by atoms with Crippen LogP contribution in [-0.2, 0) is 19.1 Å². The highest BCUT2D eigenvalue weighted by Gasteiger charge is 2.43. The van der Waals surface area contributed by atoms with Gasteiger partial charge in [0.25, 0.3) is 5.88 Å². The highest BCUT2D eigenvalue weighted by Crippen LogP contribution is 2.42. The SMILES string of the molecule is Cc1ncsc1-c1ccc([C@H](CCCC(N)=O)NC(=O)[C@@H]2C[C@@H](O)CC2CCC(=O)[C@H](c2cc(OCCN3CCC(O[C@H]4C[C@H](Oc5cc(N6C7CCC6CN(c6cc(-c8ccccc8O)nnc6N)C7)ccn5)C4)CC3)no2)C(C)C)cc1. The second kappa shape index (κ2) is 26.4. The molecule has 5 aliphatic rings. The van der Waals surface area contributed by atoms with Crippen molar-refractivity contribution in [2.75, 3.05) is 54.9 Å². The number of rotatable bonds is 25. The molecule has 2 bridgehead atoms. The van der Waals surface area contributed by atoms with E-state index < -0.39 is 23.8 Å². The number of carbonyl (C=O) groups excluding carboxylic acids is 3. The maximum atomic E-state index is 14.1. The van der Waals surface area contributed by atoms with Gasteiger partial charge in [-0.3, -0.25) is 19.3 Å². The fraction of sp³-hybridized carbons (Fsp3) is 0.524. The molecule has 3 aliphatic heterocycles. The smallest absolute Gasteiger partial charge is 0.254 e. The van der Waals surface area contributed by atoms with Crippen LogP contribution in [0.15, 0.2) is 89.0 Å². The number of Topliss-reactive ketones (excluding diaryl/α,β-unsaturated/α-hetero) is 1. The molecule has 7 atom stereocenters. The van der Waals surface area contributed by atoms with Gasteiger partial charge in [0, 0.05) is 106 Å². The number of nitrogens with one attached hydrogen (secondary N) is 1. The number of phenols is 1. The van der Waals surface area contributed by atoms with E-state index in [1.54, 1.807) is 29.5 Å². The highest BCUT2D eigenvalue weighted by molar-refractivity contribution is 7.13. The molecule has 2 aliphatic carbocycles. The largest absolute Gasteiger partial charge is 0.507 e. The lowest BCUT2D eigenvalue weighted by Gasteiger charge is -2.43. The zero-order valence-corrected chi connectivity index (χ0v) is 49.1. The summed E-state index contributed by atoms with van der Waals surface area (Å²) in [6, 6.07) is 23.2. The number of aryl methyl sites for hydroxylation is 1. The summed E-state index contributed by atoms with van der Waals surface area (Å²) in [7, 11) is 0. The molecule has 7 heterocycles. The number of aliphatic hydroxyl groups is 1. The molecule has 0 radical (unpaired) electrons. The average molecular weight is 1170 g/mol. The Balaban J connectivity index is 0.592. The van der Waals surface area contributed by atoms with Crippen LogP contribution in [0.4, 0.5) is 17.2 Å². The van der Waals surface area contributed by atoms with Crippen LogP contribution in [0.25, 0.3) is 21.7 Å². The number of ketones is 1. The number of anilines is 3. The van der Waals surface area contributed by atoms with E-state index in [2.05, 4.69) is 57.5 Å². The number of primary amides is 1. The number of carbonyl (C=O) groups is 3. The topological polar surface area (TPSA) is 271 Å². The number of hydrogen-bond donors (Lipinski definition) is 5. The second-order valence-electron chi connectivity index (χ2n) is 24.0. The molecular weight excluding hydrogens is 1090 g/mol. The number of nitrogens with two attached hydrogens (primary N) is 2. The minimum absolute atomic E-state index is 0.00483. The Morgan fingerprint density at radius 3 is 2.38 bits per heavy atom. The number of para-hydroxylation sites is 1. The van der Waals surface area contributed by atoms with Gasteiger partial charge in [-0.2, -0.15) is 0 Å². The fourth-order valence-electron chi connectivity index (χ4n) is 13.4. The number of phenolic OH excluding ortho intramolecular Hbond substituents is 1. The summed E-state index contributed by atoms with van der Waals surface area (Å²) in [6.07, 6.45) is 9.92. The van der Waals surface area contributed by atoms with Gasteiger partial charge in [-0.05, 0) is 117 Å². The van der Waals surface area contributed by atoms with Crippen molar-refractivity contribution < 1.29 is 43.3 Å². The maximum absolute atomic E-state index is 14.1. The molecule has 446 valence electrons. The molecule has 6 aromatic rings. The predicted octanol–water partition coefficient (Wildman–Crippen LogP) is 8.56. The molecule has 5 fully saturated rings. The molecule has 2 aromatic carbocycles. The number of piperazine rings is 1. The van der Waals surface area contributed by atoms with E-state index >= 15 is 0 Å². The van der Waals surface area contributed by atoms with E-state index in [1.165, 1.54) is 0 Å². The van der Waals surface area contributed by atoms with E-state index in [1.807, 2.05) is 74.9 Å². The van der Waals surface area contributed by atoms with Crippen LogP contribution < -0.4 is 36.1 Å². The van der Waals surface area contributed by atoms with Gasteiger partial charge in [-0.15, -0.1) is 21.5 Å². The first-order valence-electron chi connectivity index (χ1n) is 30.0. The van der Waals surface area contributed by atoms with Crippen LogP contribution in [-0.4, -0.2) is 134 Å². The average Bonchev–Trinajstić information content (AvgIpc) is 3.62. The lowest BCUT2D eigenvalue weighted by molar-refractivity contribution is -0.128. The first kappa shape index (κ1) is 58.6. The number of benzene rings is 2. The number of hydrogen-bond acceptors (Lipinski definition) is 19. The Morgan fingerprint density at radius 2 is 1.65 bits per heavy atom. The van der Waals surface area contributed by atoms with Crippen LogP contribution in [0, 0.1) is 24.7 Å². The lowest BCUT2D eigenvalue weighted by atomic mass is 9.83. The number of fused-ring (bicyclic) bond motifs is 2. The Kier molecular flexibility index (Phi) is 18.4. The van der Waals surface area contributed by atoms with Crippen molar-refractivity contribution in [3.05, 3.63) is 102 Å². The number of nitrogens with zero attached hydrogens (tertiary/aromatic N) is 8. The number of ether oxygens (including phenoxy) is 3. The molecule has 3 saturated heterocycles. The van der Waals surface area contributed by atoms with Crippen LogP contribution in [0.1, 0.15) is 126 Å². The van der Waals surface area contributed by atoms with E-state index in [-0.39, 0.29) is 78.6 Å². The number of aromatic nitrogens is 5. The predicted molar refractivity (Wildman–Crippen MR) is 320 cm³/mol. The summed E-state index contributed by atoms with van der Waals surface area (Å²) in [6.45, 7) is 10.5. The van der Waals surface area contributed by atoms with Gasteiger partial charge in [0.2, 0.25) is 17.7 Å². The maximum Gasteiger partial charge on any atom is 0.254 e. The van der Waals surface area contributed by atoms with Crippen LogP contribution >= 0.6 is 11.3 Å². The van der Waals surface area contributed by atoms with Gasteiger partial charge in [0.15, 0.2) is 11.6 Å². The number of likely N-dealkylation sites (tertiary alicyclic amines) is 1. The number of amides is 2. The second-order valence-corrected chi connectivity index (χ2v) is 24.9. The van der Waals surface area contributed by atoms with Gasteiger partial charge >= 0.3 is 0 Å². The van der Waals surface area contributed by atoms with Crippen molar-refractivity contribution in [1.29, 1.82) is 0 Å². The van der Waals surface area contributed by atoms with E-state index in [0.29, 0.717) is 73.3 Å². The standard InChI is InChI=1S/C63H79N11O9S/c1-37(2)60(55(77)18-15-41-27-45(75)29-50(41)63(79)68-51(8-6-10-57(64)78)39-11-13-40(14-12-39)61-38(3)67-36-84-61)56-33-59(71-83-56)80-26-25-72-23-20-46(21-24-72)81-47-30-48(31-47)82-58-28-42(19-22-66-58)74-43-16-17-44(74)35-73(34-43)53-32-52(69-70-62(53)65)49-7-4-5-9-54(49)76/h4-5,7,9,11-14,19,22,28,32-33,36-37,41,43-48,50-51,60,75-76H,6,8,10,15-18,20-21,23-27,29-31,34-35H2,1-3H3,(H2,64,78)(H2,65,70)(H,68,79)/t41?,43?,44?,45-,47-,48-,50+,51-,60+/m0/s1. The third-order valence-electron chi connectivity index (χ3n) is 17.9. The number of aliphatic hydroxyl groups excluding tert-OH is 1. The number of pyridine rings is 1. The Bertz CT molecular complexity index is 3200. The Labute approximate surface area is 494 Å². The number of thiazole rings is 1. The molecule has 21 heteroatoms. The minimum atomic E-state index is -0.646. The summed E-state index contributed by atoms with van der Waals surface area (Å²) in [5.74, 6) is 0.142. The molecule has 11 rings (SSSR count). The van der Waals surface area contributed by atoms with Gasteiger partial charge in [-0.25, -0.2) is 9.97 Å². The zero-order valence-electron chi connectivity index (χ0n) is 48.3.